The molecule has 0 unspecified atom stereocenters. The standard InChI is InChI=1S/C14H12BrNOS/c1-18-13-8-3-2-7-12(13)14(17)16-11-6-4-5-10(15)9-11/h2-9H,1H3,(H,16,17). The van der Waals surface area contributed by atoms with Gasteiger partial charge in [-0.3, -0.25) is 4.79 Å². The lowest BCUT2D eigenvalue weighted by Crippen LogP contribution is -2.12. The maximum absolute atomic E-state index is 12.2. The Balaban J connectivity index is 2.22. The first-order chi connectivity index (χ1) is 8.70. The molecule has 4 heteroatoms. The van der Waals surface area contributed by atoms with Crippen LogP contribution in [0.1, 0.15) is 10.4 Å². The number of halogens is 1. The Hall–Kier alpha value is -1.26. The van der Waals surface area contributed by atoms with Crippen LogP contribution in [-0.4, -0.2) is 12.2 Å². The predicted octanol–water partition coefficient (Wildman–Crippen LogP) is 4.42. The number of hydrogen-bond acceptors (Lipinski definition) is 2. The van der Waals surface area contributed by atoms with Gasteiger partial charge >= 0.3 is 0 Å². The molecule has 0 radical (unpaired) electrons. The Kier molecular flexibility index (Phi) is 4.44. The highest BCUT2D eigenvalue weighted by atomic mass is 79.9. The average molecular weight is 322 g/mol. The van der Waals surface area contributed by atoms with E-state index < -0.39 is 0 Å². The van der Waals surface area contributed by atoms with E-state index in [-0.39, 0.29) is 5.91 Å². The molecule has 0 saturated heterocycles. The van der Waals surface area contributed by atoms with Gasteiger partial charge in [-0.25, -0.2) is 0 Å². The van der Waals surface area contributed by atoms with Gasteiger partial charge in [0.15, 0.2) is 0 Å². The van der Waals surface area contributed by atoms with Gasteiger partial charge in [0, 0.05) is 15.1 Å². The van der Waals surface area contributed by atoms with Gasteiger partial charge < -0.3 is 5.32 Å². The maximum Gasteiger partial charge on any atom is 0.256 e. The van der Waals surface area contributed by atoms with Crippen LogP contribution in [0, 0.1) is 0 Å². The van der Waals surface area contributed by atoms with Crippen molar-refractivity contribution in [2.24, 2.45) is 0 Å². The molecule has 0 bridgehead atoms. The van der Waals surface area contributed by atoms with Gasteiger partial charge in [-0.1, -0.05) is 34.1 Å². The first-order valence-electron chi connectivity index (χ1n) is 5.40. The van der Waals surface area contributed by atoms with Crippen LogP contribution < -0.4 is 5.32 Å². The maximum atomic E-state index is 12.2. The van der Waals surface area contributed by atoms with Crippen LogP contribution >= 0.6 is 27.7 Å². The molecule has 2 aromatic carbocycles. The predicted molar refractivity (Wildman–Crippen MR) is 80.3 cm³/mol. The molecule has 0 aliphatic heterocycles. The van der Waals surface area contributed by atoms with Crippen molar-refractivity contribution >= 4 is 39.3 Å². The van der Waals surface area contributed by atoms with Crippen LogP contribution in [0.3, 0.4) is 0 Å². The topological polar surface area (TPSA) is 29.1 Å². The summed E-state index contributed by atoms with van der Waals surface area (Å²) in [5, 5.41) is 2.89. The number of rotatable bonds is 3. The van der Waals surface area contributed by atoms with E-state index in [0.29, 0.717) is 5.56 Å². The highest BCUT2D eigenvalue weighted by Gasteiger charge is 2.10. The number of anilines is 1. The van der Waals surface area contributed by atoms with Crippen LogP contribution in [0.2, 0.25) is 0 Å². The van der Waals surface area contributed by atoms with Gasteiger partial charge in [0.05, 0.1) is 5.56 Å². The highest BCUT2D eigenvalue weighted by Crippen LogP contribution is 2.22. The first-order valence-corrected chi connectivity index (χ1v) is 7.42. The summed E-state index contributed by atoms with van der Waals surface area (Å²) in [5.41, 5.74) is 1.48. The fourth-order valence-electron chi connectivity index (χ4n) is 1.60. The average Bonchev–Trinajstić information content (AvgIpc) is 2.38. The summed E-state index contributed by atoms with van der Waals surface area (Å²) in [6.45, 7) is 0. The fourth-order valence-corrected chi connectivity index (χ4v) is 2.59. The minimum Gasteiger partial charge on any atom is -0.322 e. The number of benzene rings is 2. The van der Waals surface area contributed by atoms with E-state index in [4.69, 9.17) is 0 Å². The number of thioether (sulfide) groups is 1. The number of hydrogen-bond donors (Lipinski definition) is 1. The molecule has 0 aliphatic rings. The Morgan fingerprint density at radius 2 is 1.94 bits per heavy atom. The van der Waals surface area contributed by atoms with Crippen molar-refractivity contribution in [1.29, 1.82) is 0 Å². The summed E-state index contributed by atoms with van der Waals surface area (Å²) in [7, 11) is 0. The zero-order valence-electron chi connectivity index (χ0n) is 9.81. The summed E-state index contributed by atoms with van der Waals surface area (Å²) in [4.78, 5) is 13.1. The first kappa shape index (κ1) is 13.2. The van der Waals surface area contributed by atoms with Crippen molar-refractivity contribution in [2.75, 3.05) is 11.6 Å². The lowest BCUT2D eigenvalue weighted by Gasteiger charge is -2.08. The molecule has 18 heavy (non-hydrogen) atoms. The second-order valence-corrected chi connectivity index (χ2v) is 5.43. The fraction of sp³-hybridized carbons (Fsp3) is 0.0714. The summed E-state index contributed by atoms with van der Waals surface area (Å²) in [5.74, 6) is -0.0851. The van der Waals surface area contributed by atoms with Crippen molar-refractivity contribution < 1.29 is 4.79 Å². The molecule has 2 rings (SSSR count). The van der Waals surface area contributed by atoms with Crippen molar-refractivity contribution in [3.63, 3.8) is 0 Å². The van der Waals surface area contributed by atoms with E-state index >= 15 is 0 Å². The van der Waals surface area contributed by atoms with Crippen LogP contribution in [-0.2, 0) is 0 Å². The van der Waals surface area contributed by atoms with Crippen molar-refractivity contribution in [3.8, 4) is 0 Å². The van der Waals surface area contributed by atoms with E-state index in [2.05, 4.69) is 21.2 Å². The van der Waals surface area contributed by atoms with Crippen LogP contribution in [0.4, 0.5) is 5.69 Å². The zero-order valence-corrected chi connectivity index (χ0v) is 12.2. The lowest BCUT2D eigenvalue weighted by atomic mass is 10.2. The van der Waals surface area contributed by atoms with Gasteiger partial charge in [0.25, 0.3) is 5.91 Å². The Bertz CT molecular complexity index is 571. The molecular weight excluding hydrogens is 310 g/mol. The molecule has 1 N–H and O–H groups in total. The molecule has 92 valence electrons. The second-order valence-electron chi connectivity index (χ2n) is 3.66. The van der Waals surface area contributed by atoms with E-state index in [1.807, 2.05) is 54.8 Å². The normalized spacial score (nSPS) is 10.1. The van der Waals surface area contributed by atoms with Crippen molar-refractivity contribution in [1.82, 2.24) is 0 Å². The molecule has 0 fully saturated rings. The quantitative estimate of drug-likeness (QED) is 0.848. The molecule has 0 atom stereocenters. The molecule has 0 saturated carbocycles. The Morgan fingerprint density at radius 3 is 2.67 bits per heavy atom. The van der Waals surface area contributed by atoms with Gasteiger partial charge in [0.1, 0.15) is 0 Å². The number of carbonyl (C=O) groups is 1. The SMILES string of the molecule is CSc1ccccc1C(=O)Nc1cccc(Br)c1. The van der Waals surface area contributed by atoms with Gasteiger partial charge in [0.2, 0.25) is 0 Å². The summed E-state index contributed by atoms with van der Waals surface area (Å²) < 4.78 is 0.943. The highest BCUT2D eigenvalue weighted by molar-refractivity contribution is 9.10. The molecule has 0 aliphatic carbocycles. The molecule has 2 aromatic rings. The van der Waals surface area contributed by atoms with Crippen LogP contribution in [0.25, 0.3) is 0 Å². The van der Waals surface area contributed by atoms with Crippen molar-refractivity contribution in [2.45, 2.75) is 4.90 Å². The molecule has 0 spiro atoms. The minimum absolute atomic E-state index is 0.0851. The third kappa shape index (κ3) is 3.15. The van der Waals surface area contributed by atoms with E-state index in [9.17, 15) is 4.79 Å². The zero-order chi connectivity index (χ0) is 13.0. The van der Waals surface area contributed by atoms with Crippen LogP contribution in [0.15, 0.2) is 57.9 Å². The smallest absolute Gasteiger partial charge is 0.256 e. The molecule has 0 heterocycles. The van der Waals surface area contributed by atoms with Gasteiger partial charge in [-0.15, -0.1) is 11.8 Å². The monoisotopic (exact) mass is 321 g/mol. The number of carbonyl (C=O) groups excluding carboxylic acids is 1. The number of amides is 1. The third-order valence-electron chi connectivity index (χ3n) is 2.43. The summed E-state index contributed by atoms with van der Waals surface area (Å²) in [6, 6.07) is 15.1. The third-order valence-corrected chi connectivity index (χ3v) is 3.72. The van der Waals surface area contributed by atoms with E-state index in [1.165, 1.54) is 0 Å². The van der Waals surface area contributed by atoms with Crippen molar-refractivity contribution in [3.05, 3.63) is 58.6 Å². The molecule has 0 aromatic heterocycles. The summed E-state index contributed by atoms with van der Waals surface area (Å²) >= 11 is 4.95. The molecule has 2 nitrogen and oxygen atoms in total. The van der Waals surface area contributed by atoms with Gasteiger partial charge in [-0.05, 0) is 36.6 Å². The number of nitrogens with one attached hydrogen (secondary N) is 1. The molecular formula is C14H12BrNOS. The summed E-state index contributed by atoms with van der Waals surface area (Å²) in [6.07, 6.45) is 1.96. The Morgan fingerprint density at radius 1 is 1.17 bits per heavy atom. The minimum atomic E-state index is -0.0851. The second kappa shape index (κ2) is 6.07. The largest absolute Gasteiger partial charge is 0.322 e. The lowest BCUT2D eigenvalue weighted by molar-refractivity contribution is 0.102. The van der Waals surface area contributed by atoms with Crippen LogP contribution in [0.5, 0.6) is 0 Å². The molecule has 1 amide bonds. The Labute approximate surface area is 119 Å². The van der Waals surface area contributed by atoms with E-state index in [0.717, 1.165) is 15.1 Å². The van der Waals surface area contributed by atoms with Gasteiger partial charge in [-0.2, -0.15) is 0 Å². The van der Waals surface area contributed by atoms with E-state index in [1.54, 1.807) is 11.8 Å².